The van der Waals surface area contributed by atoms with Gasteiger partial charge in [0.1, 0.15) is 29.4 Å². The first-order valence-electron chi connectivity index (χ1n) is 14.3. The number of hydrogen-bond acceptors (Lipinski definition) is 5. The quantitative estimate of drug-likeness (QED) is 0.236. The summed E-state index contributed by atoms with van der Waals surface area (Å²) in [4.78, 5) is 19.6. The van der Waals surface area contributed by atoms with E-state index in [1.165, 1.54) is 6.20 Å². The van der Waals surface area contributed by atoms with Crippen LogP contribution in [0.15, 0.2) is 36.8 Å². The van der Waals surface area contributed by atoms with Gasteiger partial charge in [-0.05, 0) is 83.9 Å². The van der Waals surface area contributed by atoms with E-state index in [9.17, 15) is 9.18 Å². The SMILES string of the molecule is Cc1cc(-n2nc3c(c2-n2cnc(-c4ccc5c(cnn5C)c4F)c2C)[C@H](C)N(C(=O)OC(C)(C)C)CC3)cc(C)c1F. The molecule has 1 aliphatic heterocycles. The molecule has 0 saturated heterocycles. The van der Waals surface area contributed by atoms with Gasteiger partial charge in [-0.3, -0.25) is 9.25 Å². The van der Waals surface area contributed by atoms with E-state index in [0.29, 0.717) is 63.5 Å². The highest BCUT2D eigenvalue weighted by Crippen LogP contribution is 2.39. The molecule has 0 aliphatic carbocycles. The Bertz CT molecular complexity index is 1890. The van der Waals surface area contributed by atoms with Gasteiger partial charge in [-0.1, -0.05) is 0 Å². The van der Waals surface area contributed by atoms with E-state index in [1.807, 2.05) is 45.3 Å². The molecular formula is C32H35F2N7O2. The number of ether oxygens (including phenoxy) is 1. The number of aryl methyl sites for hydroxylation is 3. The van der Waals surface area contributed by atoms with Crippen molar-refractivity contribution >= 4 is 17.0 Å². The average Bonchev–Trinajstić information content (AvgIpc) is 3.62. The Labute approximate surface area is 248 Å². The van der Waals surface area contributed by atoms with E-state index in [0.717, 1.165) is 11.3 Å². The summed E-state index contributed by atoms with van der Waals surface area (Å²) in [6.45, 7) is 13.2. The summed E-state index contributed by atoms with van der Waals surface area (Å²) < 4.78 is 41.4. The molecule has 5 aromatic rings. The molecule has 4 heterocycles. The van der Waals surface area contributed by atoms with Crippen molar-refractivity contribution in [1.82, 2.24) is 34.0 Å². The van der Waals surface area contributed by atoms with Crippen molar-refractivity contribution in [1.29, 1.82) is 0 Å². The second-order valence-corrected chi connectivity index (χ2v) is 12.3. The number of amides is 1. The number of benzene rings is 2. The van der Waals surface area contributed by atoms with Crippen molar-refractivity contribution in [2.75, 3.05) is 6.54 Å². The predicted molar refractivity (Wildman–Crippen MR) is 160 cm³/mol. The fraction of sp³-hybridized carbons (Fsp3) is 0.375. The highest BCUT2D eigenvalue weighted by molar-refractivity contribution is 5.85. The molecule has 0 fully saturated rings. The van der Waals surface area contributed by atoms with Crippen LogP contribution in [-0.2, 0) is 18.2 Å². The molecule has 9 nitrogen and oxygen atoms in total. The lowest BCUT2D eigenvalue weighted by Gasteiger charge is -2.35. The summed E-state index contributed by atoms with van der Waals surface area (Å²) in [5.74, 6) is -0.0157. The first-order chi connectivity index (χ1) is 20.3. The van der Waals surface area contributed by atoms with Crippen LogP contribution in [-0.4, -0.2) is 52.3 Å². The molecule has 0 radical (unpaired) electrons. The number of nitrogens with zero attached hydrogens (tertiary/aromatic N) is 7. The smallest absolute Gasteiger partial charge is 0.410 e. The van der Waals surface area contributed by atoms with Crippen LogP contribution < -0.4 is 0 Å². The van der Waals surface area contributed by atoms with Crippen molar-refractivity contribution < 1.29 is 18.3 Å². The largest absolute Gasteiger partial charge is 0.444 e. The topological polar surface area (TPSA) is 83.0 Å². The number of carbonyl (C=O) groups excluding carboxylic acids is 1. The lowest BCUT2D eigenvalue weighted by molar-refractivity contribution is 0.0159. The second-order valence-electron chi connectivity index (χ2n) is 12.3. The molecule has 2 aromatic carbocycles. The molecule has 1 aliphatic rings. The van der Waals surface area contributed by atoms with Crippen LogP contribution in [0.4, 0.5) is 13.6 Å². The highest BCUT2D eigenvalue weighted by atomic mass is 19.1. The summed E-state index contributed by atoms with van der Waals surface area (Å²) in [5.41, 5.74) is 4.85. The predicted octanol–water partition coefficient (Wildman–Crippen LogP) is 6.67. The lowest BCUT2D eigenvalue weighted by atomic mass is 9.99. The summed E-state index contributed by atoms with van der Waals surface area (Å²) in [6, 6.07) is 6.66. The van der Waals surface area contributed by atoms with Crippen molar-refractivity contribution in [3.05, 3.63) is 76.5 Å². The summed E-state index contributed by atoms with van der Waals surface area (Å²) in [7, 11) is 1.77. The van der Waals surface area contributed by atoms with Gasteiger partial charge in [-0.25, -0.2) is 23.2 Å². The molecule has 0 spiro atoms. The first-order valence-corrected chi connectivity index (χ1v) is 14.3. The Balaban J connectivity index is 1.55. The van der Waals surface area contributed by atoms with Gasteiger partial charge in [0.25, 0.3) is 0 Å². The zero-order chi connectivity index (χ0) is 31.0. The normalized spacial score (nSPS) is 15.3. The van der Waals surface area contributed by atoms with Gasteiger partial charge in [-0.2, -0.15) is 10.2 Å². The van der Waals surface area contributed by atoms with Crippen molar-refractivity contribution in [2.24, 2.45) is 7.05 Å². The number of fused-ring (bicyclic) bond motifs is 2. The number of rotatable bonds is 3. The molecule has 1 amide bonds. The Morgan fingerprint density at radius 2 is 1.77 bits per heavy atom. The third kappa shape index (κ3) is 4.67. The molecule has 43 heavy (non-hydrogen) atoms. The summed E-state index contributed by atoms with van der Waals surface area (Å²) in [5, 5.41) is 9.60. The summed E-state index contributed by atoms with van der Waals surface area (Å²) in [6.07, 6.45) is 3.25. The van der Waals surface area contributed by atoms with Gasteiger partial charge < -0.3 is 9.64 Å². The van der Waals surface area contributed by atoms with Crippen molar-refractivity contribution in [3.8, 4) is 22.8 Å². The molecule has 0 unspecified atom stereocenters. The first kappa shape index (κ1) is 28.6. The minimum absolute atomic E-state index is 0.269. The van der Waals surface area contributed by atoms with Gasteiger partial charge in [-0.15, -0.1) is 0 Å². The van der Waals surface area contributed by atoms with E-state index >= 15 is 4.39 Å². The fourth-order valence-corrected chi connectivity index (χ4v) is 5.95. The van der Waals surface area contributed by atoms with E-state index < -0.39 is 23.6 Å². The molecule has 11 heteroatoms. The third-order valence-electron chi connectivity index (χ3n) is 8.10. The second kappa shape index (κ2) is 10.0. The number of aromatic nitrogens is 6. The Kier molecular flexibility index (Phi) is 6.67. The number of hydrogen-bond donors (Lipinski definition) is 0. The van der Waals surface area contributed by atoms with Crippen LogP contribution in [0.5, 0.6) is 0 Å². The number of halogens is 2. The summed E-state index contributed by atoms with van der Waals surface area (Å²) >= 11 is 0. The maximum Gasteiger partial charge on any atom is 0.410 e. The maximum atomic E-state index is 15.8. The van der Waals surface area contributed by atoms with Crippen LogP contribution in [0, 0.1) is 32.4 Å². The van der Waals surface area contributed by atoms with Crippen LogP contribution in [0.25, 0.3) is 33.7 Å². The number of imidazole rings is 1. The third-order valence-corrected chi connectivity index (χ3v) is 8.10. The molecular weight excluding hydrogens is 552 g/mol. The standard InChI is InChI=1S/C32H35F2N7O2/c1-17-13-21(14-18(2)27(17)33)41-30(26-19(3)39(12-11-24(26)37-41)31(42)43-32(5,6)7)40-16-35-29(20(40)4)22-9-10-25-23(28(22)34)15-36-38(25)8/h9-10,13-16,19H,11-12H2,1-8H3/t19-/m0/s1. The van der Waals surface area contributed by atoms with Gasteiger partial charge in [0.15, 0.2) is 0 Å². The zero-order valence-electron chi connectivity index (χ0n) is 25.7. The molecule has 0 bridgehead atoms. The molecule has 0 N–H and O–H groups in total. The highest BCUT2D eigenvalue weighted by Gasteiger charge is 2.37. The monoisotopic (exact) mass is 587 g/mol. The van der Waals surface area contributed by atoms with Gasteiger partial charge >= 0.3 is 6.09 Å². The number of carbonyl (C=O) groups is 1. The molecule has 224 valence electrons. The van der Waals surface area contributed by atoms with Crippen LogP contribution in [0.2, 0.25) is 0 Å². The lowest BCUT2D eigenvalue weighted by Crippen LogP contribution is -2.42. The molecule has 6 rings (SSSR count). The van der Waals surface area contributed by atoms with Crippen LogP contribution in [0.1, 0.15) is 61.8 Å². The Hall–Kier alpha value is -4.54. The van der Waals surface area contributed by atoms with E-state index in [-0.39, 0.29) is 5.82 Å². The van der Waals surface area contributed by atoms with Crippen molar-refractivity contribution in [2.45, 2.75) is 66.5 Å². The van der Waals surface area contributed by atoms with Crippen molar-refractivity contribution in [3.63, 3.8) is 0 Å². The fourth-order valence-electron chi connectivity index (χ4n) is 5.95. The Morgan fingerprint density at radius 1 is 1.07 bits per heavy atom. The van der Waals surface area contributed by atoms with Crippen LogP contribution >= 0.6 is 0 Å². The molecule has 3 aromatic heterocycles. The zero-order valence-corrected chi connectivity index (χ0v) is 25.7. The van der Waals surface area contributed by atoms with E-state index in [1.54, 1.807) is 59.7 Å². The van der Waals surface area contributed by atoms with Gasteiger partial charge in [0.05, 0.1) is 40.2 Å². The minimum atomic E-state index is -0.650. The van der Waals surface area contributed by atoms with E-state index in [2.05, 4.69) is 10.1 Å². The van der Waals surface area contributed by atoms with Gasteiger partial charge in [0, 0.05) is 36.8 Å². The molecule has 1 atom stereocenters. The van der Waals surface area contributed by atoms with E-state index in [4.69, 9.17) is 9.84 Å². The molecule has 0 saturated carbocycles. The minimum Gasteiger partial charge on any atom is -0.444 e. The average molecular weight is 588 g/mol. The maximum absolute atomic E-state index is 15.8. The Morgan fingerprint density at radius 3 is 2.44 bits per heavy atom. The van der Waals surface area contributed by atoms with Gasteiger partial charge in [0.2, 0.25) is 0 Å². The van der Waals surface area contributed by atoms with Crippen LogP contribution in [0.3, 0.4) is 0 Å².